The zero-order chi connectivity index (χ0) is 16.3. The van der Waals surface area contributed by atoms with Crippen LogP contribution in [0.2, 0.25) is 0 Å². The number of carbonyl (C=O) groups is 2. The van der Waals surface area contributed by atoms with Crippen LogP contribution in [0.1, 0.15) is 41.0 Å². The quantitative estimate of drug-likeness (QED) is 0.797. The normalized spacial score (nSPS) is 25.0. The summed E-state index contributed by atoms with van der Waals surface area (Å²) >= 11 is 0. The lowest BCUT2D eigenvalue weighted by Gasteiger charge is -2.41. The highest BCUT2D eigenvalue weighted by Gasteiger charge is 2.39. The van der Waals surface area contributed by atoms with E-state index in [2.05, 4.69) is 10.1 Å². The molecule has 0 radical (unpaired) electrons. The van der Waals surface area contributed by atoms with Crippen LogP contribution in [-0.4, -0.2) is 49.3 Å². The van der Waals surface area contributed by atoms with Gasteiger partial charge in [-0.25, -0.2) is 4.79 Å². The number of nitrogens with one attached hydrogen (secondary N) is 1. The van der Waals surface area contributed by atoms with Gasteiger partial charge in [-0.1, -0.05) is 0 Å². The minimum absolute atomic E-state index is 0.0315. The van der Waals surface area contributed by atoms with E-state index in [0.29, 0.717) is 0 Å². The van der Waals surface area contributed by atoms with Crippen LogP contribution in [0, 0.1) is 0 Å². The van der Waals surface area contributed by atoms with E-state index in [-0.39, 0.29) is 13.0 Å². The molecule has 0 aromatic carbocycles. The smallest absolute Gasteiger partial charge is 0.408 e. The molecule has 122 valence electrons. The highest BCUT2D eigenvalue weighted by molar-refractivity contribution is 5.71. The summed E-state index contributed by atoms with van der Waals surface area (Å²) in [5.41, 5.74) is -0.600. The molecule has 1 saturated heterocycles. The molecule has 0 aliphatic carbocycles. The third-order valence-electron chi connectivity index (χ3n) is 2.79. The molecule has 7 nitrogen and oxygen atoms in total. The Labute approximate surface area is 125 Å². The molecule has 21 heavy (non-hydrogen) atoms. The van der Waals surface area contributed by atoms with E-state index in [4.69, 9.17) is 14.2 Å². The van der Waals surface area contributed by atoms with Crippen molar-refractivity contribution in [1.29, 1.82) is 0 Å². The lowest BCUT2D eigenvalue weighted by atomic mass is 10.1. The summed E-state index contributed by atoms with van der Waals surface area (Å²) in [7, 11) is 1.31. The molecule has 0 bridgehead atoms. The number of hydrogen-bond acceptors (Lipinski definition) is 6. The molecule has 1 aliphatic rings. The number of amides is 1. The van der Waals surface area contributed by atoms with Gasteiger partial charge in [-0.15, -0.1) is 0 Å². The Bertz CT molecular complexity index is 387. The first-order valence-electron chi connectivity index (χ1n) is 6.90. The molecular weight excluding hydrogens is 278 g/mol. The first-order valence-corrected chi connectivity index (χ1v) is 6.90. The molecule has 1 fully saturated rings. The van der Waals surface area contributed by atoms with Crippen LogP contribution in [0.5, 0.6) is 0 Å². The molecule has 0 spiro atoms. The van der Waals surface area contributed by atoms with Crippen molar-refractivity contribution in [2.75, 3.05) is 13.7 Å². The average molecular weight is 303 g/mol. The van der Waals surface area contributed by atoms with Gasteiger partial charge in [0.2, 0.25) is 0 Å². The highest BCUT2D eigenvalue weighted by atomic mass is 16.7. The van der Waals surface area contributed by atoms with Gasteiger partial charge in [0, 0.05) is 0 Å². The van der Waals surface area contributed by atoms with Gasteiger partial charge in [-0.05, 0) is 34.6 Å². The second-order valence-electron chi connectivity index (χ2n) is 6.40. The van der Waals surface area contributed by atoms with Crippen molar-refractivity contribution in [3.63, 3.8) is 0 Å². The number of alkyl carbamates (subject to hydrolysis) is 1. The van der Waals surface area contributed by atoms with Crippen LogP contribution in [0.3, 0.4) is 0 Å². The largest absolute Gasteiger partial charge is 0.469 e. The van der Waals surface area contributed by atoms with Crippen molar-refractivity contribution in [1.82, 2.24) is 5.32 Å². The average Bonchev–Trinajstić information content (AvgIpc) is 2.29. The molecule has 7 heteroatoms. The van der Waals surface area contributed by atoms with Crippen LogP contribution >= 0.6 is 0 Å². The fourth-order valence-electron chi connectivity index (χ4n) is 1.90. The van der Waals surface area contributed by atoms with Gasteiger partial charge in [-0.2, -0.15) is 0 Å². The Morgan fingerprint density at radius 3 is 2.48 bits per heavy atom. The van der Waals surface area contributed by atoms with Crippen molar-refractivity contribution in [2.45, 2.75) is 64.6 Å². The van der Waals surface area contributed by atoms with Crippen molar-refractivity contribution in [3.05, 3.63) is 0 Å². The lowest BCUT2D eigenvalue weighted by Crippen LogP contribution is -2.57. The molecule has 1 N–H and O–H groups in total. The second kappa shape index (κ2) is 6.62. The molecule has 0 unspecified atom stereocenters. The summed E-state index contributed by atoms with van der Waals surface area (Å²) in [6.07, 6.45) is -1.08. The summed E-state index contributed by atoms with van der Waals surface area (Å²) in [4.78, 5) is 23.3. The third-order valence-corrected chi connectivity index (χ3v) is 2.79. The minimum Gasteiger partial charge on any atom is -0.469 e. The van der Waals surface area contributed by atoms with Crippen molar-refractivity contribution >= 4 is 12.1 Å². The molecule has 0 saturated carbocycles. The molecule has 1 aliphatic heterocycles. The zero-order valence-corrected chi connectivity index (χ0v) is 13.5. The molecule has 0 aromatic rings. The van der Waals surface area contributed by atoms with E-state index in [1.807, 2.05) is 0 Å². The molecule has 1 amide bonds. The van der Waals surface area contributed by atoms with Crippen molar-refractivity contribution in [2.24, 2.45) is 0 Å². The van der Waals surface area contributed by atoms with E-state index in [1.54, 1.807) is 34.6 Å². The first-order chi connectivity index (χ1) is 9.52. The molecule has 1 rings (SSSR count). The van der Waals surface area contributed by atoms with Crippen LogP contribution in [0.15, 0.2) is 0 Å². The third kappa shape index (κ3) is 6.31. The lowest BCUT2D eigenvalue weighted by molar-refractivity contribution is -0.282. The predicted octanol–water partition coefficient (Wildman–Crippen LogP) is 1.59. The first kappa shape index (κ1) is 17.7. The zero-order valence-electron chi connectivity index (χ0n) is 13.5. The number of carbonyl (C=O) groups excluding carboxylic acids is 2. The molecule has 1 heterocycles. The number of ether oxygens (including phenoxy) is 4. The summed E-state index contributed by atoms with van der Waals surface area (Å²) in [5, 5.41) is 2.67. The summed E-state index contributed by atoms with van der Waals surface area (Å²) in [5.74, 6) is -1.22. The van der Waals surface area contributed by atoms with E-state index < -0.39 is 35.6 Å². The fraction of sp³-hybridized carbons (Fsp3) is 0.857. The van der Waals surface area contributed by atoms with Gasteiger partial charge in [0.05, 0.1) is 32.3 Å². The summed E-state index contributed by atoms with van der Waals surface area (Å²) in [6.45, 7) is 9.05. The number of hydrogen-bond donors (Lipinski definition) is 1. The van der Waals surface area contributed by atoms with Crippen LogP contribution in [0.25, 0.3) is 0 Å². The van der Waals surface area contributed by atoms with Gasteiger partial charge in [0.25, 0.3) is 0 Å². The molecular formula is C14H25NO6. The Balaban J connectivity index is 2.68. The molecule has 0 aromatic heterocycles. The Morgan fingerprint density at radius 1 is 1.33 bits per heavy atom. The van der Waals surface area contributed by atoms with E-state index in [9.17, 15) is 9.59 Å². The van der Waals surface area contributed by atoms with Crippen LogP contribution in [0.4, 0.5) is 4.79 Å². The van der Waals surface area contributed by atoms with Crippen molar-refractivity contribution in [3.8, 4) is 0 Å². The van der Waals surface area contributed by atoms with Crippen molar-refractivity contribution < 1.29 is 28.5 Å². The maximum atomic E-state index is 11.8. The van der Waals surface area contributed by atoms with E-state index in [1.165, 1.54) is 7.11 Å². The van der Waals surface area contributed by atoms with Gasteiger partial charge in [0.1, 0.15) is 5.60 Å². The van der Waals surface area contributed by atoms with Gasteiger partial charge in [-0.3, -0.25) is 4.79 Å². The Morgan fingerprint density at radius 2 is 1.95 bits per heavy atom. The SMILES string of the molecule is COC(=O)C[C@@H]1OC(C)(C)OC[C@H]1NC(=O)OC(C)(C)C. The van der Waals surface area contributed by atoms with Gasteiger partial charge in [0.15, 0.2) is 5.79 Å². The van der Waals surface area contributed by atoms with E-state index in [0.717, 1.165) is 0 Å². The summed E-state index contributed by atoms with van der Waals surface area (Å²) < 4.78 is 21.1. The number of rotatable bonds is 3. The predicted molar refractivity (Wildman–Crippen MR) is 74.7 cm³/mol. The monoisotopic (exact) mass is 303 g/mol. The van der Waals surface area contributed by atoms with Gasteiger partial charge < -0.3 is 24.3 Å². The summed E-state index contributed by atoms with van der Waals surface area (Å²) in [6, 6.07) is -0.480. The number of esters is 1. The maximum absolute atomic E-state index is 11.8. The highest BCUT2D eigenvalue weighted by Crippen LogP contribution is 2.24. The minimum atomic E-state index is -0.815. The fourth-order valence-corrected chi connectivity index (χ4v) is 1.90. The Kier molecular flexibility index (Phi) is 5.58. The van der Waals surface area contributed by atoms with Crippen LogP contribution < -0.4 is 5.32 Å². The maximum Gasteiger partial charge on any atom is 0.408 e. The standard InChI is InChI=1S/C14H25NO6/c1-13(2,3)21-12(17)15-9-8-19-14(4,5)20-10(9)7-11(16)18-6/h9-10H,7-8H2,1-6H3,(H,15,17)/t9-,10+/m1/s1. The topological polar surface area (TPSA) is 83.1 Å². The molecule has 2 atom stereocenters. The second-order valence-corrected chi connectivity index (χ2v) is 6.40. The van der Waals surface area contributed by atoms with Crippen LogP contribution in [-0.2, 0) is 23.7 Å². The van der Waals surface area contributed by atoms with Gasteiger partial charge >= 0.3 is 12.1 Å². The Hall–Kier alpha value is -1.34. The van der Waals surface area contributed by atoms with E-state index >= 15 is 0 Å². The number of methoxy groups -OCH3 is 1.